The van der Waals surface area contributed by atoms with Gasteiger partial charge >= 0.3 is 5.97 Å². The van der Waals surface area contributed by atoms with Crippen molar-refractivity contribution in [1.82, 2.24) is 5.32 Å². The summed E-state index contributed by atoms with van der Waals surface area (Å²) < 4.78 is 0.741. The SMILES string of the molecule is C[N+](C)(C)CCNC(=O)C[C@H](N)C(=O)O. The van der Waals surface area contributed by atoms with Crippen molar-refractivity contribution in [2.75, 3.05) is 34.2 Å². The predicted octanol–water partition coefficient (Wildman–Crippen LogP) is -1.39. The van der Waals surface area contributed by atoms with E-state index in [1.54, 1.807) is 0 Å². The van der Waals surface area contributed by atoms with Crippen LogP contribution in [0.25, 0.3) is 0 Å². The number of hydrogen-bond acceptors (Lipinski definition) is 3. The van der Waals surface area contributed by atoms with E-state index in [1.165, 1.54) is 0 Å². The summed E-state index contributed by atoms with van der Waals surface area (Å²) in [5.41, 5.74) is 5.21. The molecule has 4 N–H and O–H groups in total. The number of nitrogens with zero attached hydrogens (tertiary/aromatic N) is 1. The van der Waals surface area contributed by atoms with Gasteiger partial charge in [0.15, 0.2) is 0 Å². The zero-order valence-electron chi connectivity index (χ0n) is 9.49. The maximum absolute atomic E-state index is 11.2. The van der Waals surface area contributed by atoms with Crippen LogP contribution in [-0.2, 0) is 9.59 Å². The van der Waals surface area contributed by atoms with Gasteiger partial charge in [0, 0.05) is 0 Å². The van der Waals surface area contributed by atoms with Crippen molar-refractivity contribution in [1.29, 1.82) is 0 Å². The first kappa shape index (κ1) is 13.9. The number of carbonyl (C=O) groups is 2. The fraction of sp³-hybridized carbons (Fsp3) is 0.778. The highest BCUT2D eigenvalue weighted by Gasteiger charge is 2.16. The van der Waals surface area contributed by atoms with Gasteiger partial charge in [-0.2, -0.15) is 0 Å². The summed E-state index contributed by atoms with van der Waals surface area (Å²) in [4.78, 5) is 21.5. The van der Waals surface area contributed by atoms with Crippen molar-refractivity contribution >= 4 is 11.9 Å². The zero-order chi connectivity index (χ0) is 12.1. The standard InChI is InChI=1S/C9H19N3O3/c1-12(2,3)5-4-11-8(13)6-7(10)9(14)15/h7H,4-6,10H2,1-3H3,(H-,11,13,14,15)/p+1/t7-/m0/s1. The van der Waals surface area contributed by atoms with Gasteiger partial charge in [0.25, 0.3) is 0 Å². The van der Waals surface area contributed by atoms with Crippen LogP contribution in [0.4, 0.5) is 0 Å². The number of amides is 1. The Bertz CT molecular complexity index is 235. The van der Waals surface area contributed by atoms with Crippen molar-refractivity contribution in [2.24, 2.45) is 5.73 Å². The molecule has 0 heterocycles. The van der Waals surface area contributed by atoms with E-state index in [0.29, 0.717) is 6.54 Å². The summed E-state index contributed by atoms with van der Waals surface area (Å²) >= 11 is 0. The number of nitrogens with one attached hydrogen (secondary N) is 1. The lowest BCUT2D eigenvalue weighted by molar-refractivity contribution is -0.869. The Kier molecular flexibility index (Phi) is 5.24. The lowest BCUT2D eigenvalue weighted by Crippen LogP contribution is -2.43. The molecule has 0 aliphatic rings. The van der Waals surface area contributed by atoms with Gasteiger partial charge in [0.2, 0.25) is 5.91 Å². The number of carboxylic acids is 1. The van der Waals surface area contributed by atoms with E-state index in [0.717, 1.165) is 11.0 Å². The Balaban J connectivity index is 3.72. The highest BCUT2D eigenvalue weighted by atomic mass is 16.4. The van der Waals surface area contributed by atoms with Crippen molar-refractivity contribution < 1.29 is 19.2 Å². The van der Waals surface area contributed by atoms with Gasteiger partial charge in [-0.25, -0.2) is 0 Å². The summed E-state index contributed by atoms with van der Waals surface area (Å²) in [5.74, 6) is -1.48. The minimum Gasteiger partial charge on any atom is -0.480 e. The van der Waals surface area contributed by atoms with Crippen molar-refractivity contribution in [2.45, 2.75) is 12.5 Å². The molecular formula is C9H20N3O3+. The van der Waals surface area contributed by atoms with Gasteiger partial charge in [-0.15, -0.1) is 0 Å². The molecule has 6 nitrogen and oxygen atoms in total. The number of quaternary nitrogens is 1. The van der Waals surface area contributed by atoms with E-state index < -0.39 is 12.0 Å². The molecular weight excluding hydrogens is 198 g/mol. The summed E-state index contributed by atoms with van der Waals surface area (Å²) in [6.07, 6.45) is -0.174. The quantitative estimate of drug-likeness (QED) is 0.479. The van der Waals surface area contributed by atoms with Crippen LogP contribution in [0.3, 0.4) is 0 Å². The molecule has 0 radical (unpaired) electrons. The molecule has 0 aliphatic heterocycles. The predicted molar refractivity (Wildman–Crippen MR) is 56.1 cm³/mol. The highest BCUT2D eigenvalue weighted by molar-refractivity contribution is 5.84. The Hall–Kier alpha value is -1.14. The first-order valence-corrected chi connectivity index (χ1v) is 4.78. The number of likely N-dealkylation sites (N-methyl/N-ethyl adjacent to an activating group) is 1. The van der Waals surface area contributed by atoms with Gasteiger partial charge in [0.1, 0.15) is 6.04 Å². The van der Waals surface area contributed by atoms with Gasteiger partial charge in [-0.3, -0.25) is 9.59 Å². The van der Waals surface area contributed by atoms with E-state index in [4.69, 9.17) is 10.8 Å². The third-order valence-electron chi connectivity index (χ3n) is 1.83. The van der Waals surface area contributed by atoms with Crippen molar-refractivity contribution in [3.05, 3.63) is 0 Å². The molecule has 0 aliphatic carbocycles. The number of carbonyl (C=O) groups excluding carboxylic acids is 1. The van der Waals surface area contributed by atoms with Gasteiger partial charge < -0.3 is 20.6 Å². The molecule has 15 heavy (non-hydrogen) atoms. The van der Waals surface area contributed by atoms with E-state index >= 15 is 0 Å². The van der Waals surface area contributed by atoms with E-state index in [2.05, 4.69) is 5.32 Å². The number of rotatable bonds is 6. The normalized spacial score (nSPS) is 13.3. The van der Waals surface area contributed by atoms with Crippen LogP contribution in [0.1, 0.15) is 6.42 Å². The number of nitrogens with two attached hydrogens (primary N) is 1. The summed E-state index contributed by atoms with van der Waals surface area (Å²) in [6, 6.07) is -1.12. The van der Waals surface area contributed by atoms with Crippen LogP contribution in [0.2, 0.25) is 0 Å². The number of hydrogen-bond donors (Lipinski definition) is 3. The van der Waals surface area contributed by atoms with Crippen molar-refractivity contribution in [3.8, 4) is 0 Å². The third kappa shape index (κ3) is 7.90. The minimum absolute atomic E-state index is 0.174. The van der Waals surface area contributed by atoms with Gasteiger partial charge in [-0.05, 0) is 0 Å². The molecule has 88 valence electrons. The smallest absolute Gasteiger partial charge is 0.321 e. The largest absolute Gasteiger partial charge is 0.480 e. The second-order valence-electron chi connectivity index (χ2n) is 4.51. The highest BCUT2D eigenvalue weighted by Crippen LogP contribution is 1.90. The molecule has 0 fully saturated rings. The molecule has 0 spiro atoms. The summed E-state index contributed by atoms with van der Waals surface area (Å²) in [5, 5.41) is 11.1. The maximum atomic E-state index is 11.2. The average molecular weight is 218 g/mol. The zero-order valence-corrected chi connectivity index (χ0v) is 9.49. The Morgan fingerprint density at radius 2 is 1.93 bits per heavy atom. The molecule has 0 aromatic rings. The van der Waals surface area contributed by atoms with Crippen LogP contribution >= 0.6 is 0 Å². The second-order valence-corrected chi connectivity index (χ2v) is 4.51. The molecule has 1 atom stereocenters. The first-order chi connectivity index (χ1) is 6.72. The van der Waals surface area contributed by atoms with Crippen LogP contribution in [0.15, 0.2) is 0 Å². The summed E-state index contributed by atoms with van der Waals surface area (Å²) in [7, 11) is 6.03. The minimum atomic E-state index is -1.16. The first-order valence-electron chi connectivity index (χ1n) is 4.78. The fourth-order valence-electron chi connectivity index (χ4n) is 0.890. The molecule has 0 rings (SSSR count). The monoisotopic (exact) mass is 218 g/mol. The van der Waals surface area contributed by atoms with Crippen LogP contribution in [-0.4, -0.2) is 61.7 Å². The van der Waals surface area contributed by atoms with Gasteiger partial charge in [0.05, 0.1) is 40.7 Å². The molecule has 0 bridgehead atoms. The van der Waals surface area contributed by atoms with Crippen LogP contribution in [0.5, 0.6) is 0 Å². The van der Waals surface area contributed by atoms with Gasteiger partial charge in [-0.1, -0.05) is 0 Å². The lowest BCUT2D eigenvalue weighted by atomic mass is 10.2. The van der Waals surface area contributed by atoms with Crippen LogP contribution in [0, 0.1) is 0 Å². The van der Waals surface area contributed by atoms with E-state index in [-0.39, 0.29) is 12.3 Å². The van der Waals surface area contributed by atoms with E-state index in [1.807, 2.05) is 21.1 Å². The molecule has 1 amide bonds. The maximum Gasteiger partial charge on any atom is 0.321 e. The molecule has 0 aromatic carbocycles. The van der Waals surface area contributed by atoms with Crippen LogP contribution < -0.4 is 11.1 Å². The Morgan fingerprint density at radius 3 is 2.33 bits per heavy atom. The second kappa shape index (κ2) is 5.67. The number of carboxylic acid groups (broad SMARTS) is 1. The van der Waals surface area contributed by atoms with E-state index in [9.17, 15) is 9.59 Å². The molecule has 6 heteroatoms. The molecule has 0 unspecified atom stereocenters. The fourth-order valence-corrected chi connectivity index (χ4v) is 0.890. The number of aliphatic carboxylic acids is 1. The molecule has 0 saturated heterocycles. The molecule has 0 saturated carbocycles. The Morgan fingerprint density at radius 1 is 1.40 bits per heavy atom. The third-order valence-corrected chi connectivity index (χ3v) is 1.83. The summed E-state index contributed by atoms with van der Waals surface area (Å²) in [6.45, 7) is 1.31. The molecule has 0 aromatic heterocycles. The average Bonchev–Trinajstić information content (AvgIpc) is 2.01. The Labute approximate surface area is 89.6 Å². The van der Waals surface area contributed by atoms with Crippen molar-refractivity contribution in [3.63, 3.8) is 0 Å². The lowest BCUT2D eigenvalue weighted by Gasteiger charge is -2.23. The topological polar surface area (TPSA) is 92.4 Å².